The van der Waals surface area contributed by atoms with Gasteiger partial charge in [0.05, 0.1) is 25.4 Å². The molecule has 8 nitrogen and oxygen atoms in total. The van der Waals surface area contributed by atoms with E-state index < -0.39 is 23.5 Å². The molecule has 270 valence electrons. The maximum atomic E-state index is 13.8. The molecule has 1 spiro atoms. The van der Waals surface area contributed by atoms with Crippen molar-refractivity contribution >= 4 is 11.8 Å². The number of amides is 2. The molecule has 1 aliphatic heterocycles. The molecular formula is C42H57N3O5. The predicted molar refractivity (Wildman–Crippen MR) is 198 cm³/mol. The van der Waals surface area contributed by atoms with Gasteiger partial charge in [-0.1, -0.05) is 95.3 Å². The molecule has 1 aliphatic carbocycles. The lowest BCUT2D eigenvalue weighted by atomic mass is 9.72. The highest BCUT2D eigenvalue weighted by Crippen LogP contribution is 2.45. The van der Waals surface area contributed by atoms with Crippen molar-refractivity contribution in [3.63, 3.8) is 0 Å². The fourth-order valence-electron chi connectivity index (χ4n) is 7.37. The van der Waals surface area contributed by atoms with Gasteiger partial charge in [-0.2, -0.15) is 0 Å². The first-order valence-electron chi connectivity index (χ1n) is 18.5. The minimum atomic E-state index is -0.897. The number of ether oxygens (including phenoxy) is 2. The van der Waals surface area contributed by atoms with E-state index in [1.165, 1.54) is 11.1 Å². The molecule has 3 N–H and O–H groups in total. The third kappa shape index (κ3) is 9.21. The lowest BCUT2D eigenvalue weighted by Crippen LogP contribution is -2.55. The molecule has 0 unspecified atom stereocenters. The molecule has 0 radical (unpaired) electrons. The number of nitrogens with one attached hydrogen (secondary N) is 2. The quantitative estimate of drug-likeness (QED) is 0.174. The van der Waals surface area contributed by atoms with Crippen LogP contribution in [0.2, 0.25) is 0 Å². The van der Waals surface area contributed by atoms with Gasteiger partial charge in [-0.25, -0.2) is 0 Å². The third-order valence-corrected chi connectivity index (χ3v) is 10.3. The average molecular weight is 684 g/mol. The van der Waals surface area contributed by atoms with E-state index >= 15 is 0 Å². The number of benzene rings is 3. The van der Waals surface area contributed by atoms with Crippen molar-refractivity contribution in [3.8, 4) is 0 Å². The number of hydrogen-bond donors (Lipinski definition) is 3. The largest absolute Gasteiger partial charge is 0.390 e. The number of aliphatic hydroxyl groups excluding tert-OH is 1. The number of aliphatic hydroxyl groups is 1. The Morgan fingerprint density at radius 3 is 2.12 bits per heavy atom. The fourth-order valence-corrected chi connectivity index (χ4v) is 7.37. The second-order valence-corrected chi connectivity index (χ2v) is 15.1. The third-order valence-electron chi connectivity index (χ3n) is 10.3. The summed E-state index contributed by atoms with van der Waals surface area (Å²) in [4.78, 5) is 29.0. The van der Waals surface area contributed by atoms with E-state index in [9.17, 15) is 14.7 Å². The smallest absolute Gasteiger partial charge is 0.253 e. The molecule has 0 bridgehead atoms. The minimum Gasteiger partial charge on any atom is -0.390 e. The summed E-state index contributed by atoms with van der Waals surface area (Å²) in [6.07, 6.45) is 4.37. The molecule has 1 heterocycles. The van der Waals surface area contributed by atoms with Gasteiger partial charge >= 0.3 is 0 Å². The van der Waals surface area contributed by atoms with Crippen LogP contribution in [0.15, 0.2) is 78.9 Å². The van der Waals surface area contributed by atoms with Crippen LogP contribution in [0.4, 0.5) is 0 Å². The summed E-state index contributed by atoms with van der Waals surface area (Å²) in [5.41, 5.74) is 3.93. The van der Waals surface area contributed by atoms with Crippen LogP contribution >= 0.6 is 0 Å². The van der Waals surface area contributed by atoms with Gasteiger partial charge in [0.15, 0.2) is 5.79 Å². The molecule has 3 aromatic rings. The molecular weight excluding hydrogens is 626 g/mol. The van der Waals surface area contributed by atoms with E-state index in [0.29, 0.717) is 43.9 Å². The first-order chi connectivity index (χ1) is 24.0. The number of carbonyl (C=O) groups is 2. The summed E-state index contributed by atoms with van der Waals surface area (Å²) in [7, 11) is 0. The second-order valence-electron chi connectivity index (χ2n) is 15.1. The van der Waals surface area contributed by atoms with E-state index in [1.807, 2.05) is 35.2 Å². The second kappa shape index (κ2) is 16.6. The van der Waals surface area contributed by atoms with Crippen molar-refractivity contribution in [3.05, 3.63) is 107 Å². The van der Waals surface area contributed by atoms with Gasteiger partial charge in [-0.3, -0.25) is 9.59 Å². The predicted octanol–water partition coefficient (Wildman–Crippen LogP) is 6.75. The summed E-state index contributed by atoms with van der Waals surface area (Å²) in [6.45, 7) is 13.6. The van der Waals surface area contributed by atoms with Crippen LogP contribution < -0.4 is 10.6 Å². The molecule has 5 rings (SSSR count). The van der Waals surface area contributed by atoms with Crippen molar-refractivity contribution in [2.24, 2.45) is 0 Å². The summed E-state index contributed by atoms with van der Waals surface area (Å²) in [5, 5.41) is 18.8. The normalized spacial score (nSPS) is 18.0. The van der Waals surface area contributed by atoms with Crippen LogP contribution in [0.5, 0.6) is 0 Å². The fraction of sp³-hybridized carbons (Fsp3) is 0.524. The van der Waals surface area contributed by atoms with Crippen LogP contribution in [0.3, 0.4) is 0 Å². The Labute approximate surface area is 298 Å². The lowest BCUT2D eigenvalue weighted by Gasteiger charge is -2.45. The molecule has 2 amide bonds. The molecule has 2 fully saturated rings. The molecule has 3 aromatic carbocycles. The first-order valence-corrected chi connectivity index (χ1v) is 18.5. The van der Waals surface area contributed by atoms with Crippen LogP contribution in [0.1, 0.15) is 111 Å². The van der Waals surface area contributed by atoms with Crippen LogP contribution in [-0.2, 0) is 26.8 Å². The van der Waals surface area contributed by atoms with Crippen LogP contribution in [0.25, 0.3) is 0 Å². The van der Waals surface area contributed by atoms with Crippen molar-refractivity contribution in [1.29, 1.82) is 0 Å². The SMILES string of the molecule is CCCN(CCC)C(=O)c1cccc(C(=O)N[C@@H](Cc2ccccc2)[C@H](O)CNC2(c3cccc(C(C)(C)C)c3)CCC3(CC2)OCCO3)c1. The molecule has 1 saturated heterocycles. The van der Waals surface area contributed by atoms with E-state index in [-0.39, 0.29) is 23.8 Å². The van der Waals surface area contributed by atoms with Crippen LogP contribution in [-0.4, -0.2) is 72.6 Å². The molecule has 0 aromatic heterocycles. The van der Waals surface area contributed by atoms with Crippen LogP contribution in [0, 0.1) is 0 Å². The van der Waals surface area contributed by atoms with E-state index in [2.05, 4.69) is 69.5 Å². The monoisotopic (exact) mass is 683 g/mol. The zero-order valence-corrected chi connectivity index (χ0v) is 30.7. The Morgan fingerprint density at radius 2 is 1.48 bits per heavy atom. The van der Waals surface area contributed by atoms with Crippen molar-refractivity contribution < 1.29 is 24.2 Å². The van der Waals surface area contributed by atoms with Gasteiger partial charge in [-0.15, -0.1) is 0 Å². The molecule has 2 atom stereocenters. The van der Waals surface area contributed by atoms with E-state index in [1.54, 1.807) is 24.3 Å². The first kappa shape index (κ1) is 37.7. The number of hydrogen-bond acceptors (Lipinski definition) is 6. The number of nitrogens with zero attached hydrogens (tertiary/aromatic N) is 1. The average Bonchev–Trinajstić information content (AvgIpc) is 3.59. The van der Waals surface area contributed by atoms with Crippen molar-refractivity contribution in [1.82, 2.24) is 15.5 Å². The van der Waals surface area contributed by atoms with E-state index in [4.69, 9.17) is 9.47 Å². The Kier molecular flexibility index (Phi) is 12.5. The summed E-state index contributed by atoms with van der Waals surface area (Å²) in [5.74, 6) is -0.924. The maximum Gasteiger partial charge on any atom is 0.253 e. The Hall–Kier alpha value is -3.56. The van der Waals surface area contributed by atoms with Gasteiger partial charge in [0.25, 0.3) is 11.8 Å². The molecule has 1 saturated carbocycles. The lowest BCUT2D eigenvalue weighted by molar-refractivity contribution is -0.187. The van der Waals surface area contributed by atoms with Gasteiger partial charge < -0.3 is 30.1 Å². The Bertz CT molecular complexity index is 1550. The van der Waals surface area contributed by atoms with Gasteiger partial charge in [0, 0.05) is 49.1 Å². The molecule has 2 aliphatic rings. The van der Waals surface area contributed by atoms with E-state index in [0.717, 1.165) is 44.1 Å². The highest BCUT2D eigenvalue weighted by molar-refractivity contribution is 5.99. The summed E-state index contributed by atoms with van der Waals surface area (Å²) >= 11 is 0. The number of rotatable bonds is 14. The number of carbonyl (C=O) groups excluding carboxylic acids is 2. The standard InChI is InChI=1S/C42H57N3O5/c1-6-23-45(24-7-2)39(48)33-16-11-15-32(28-33)38(47)44-36(27-31-13-9-8-10-14-31)37(46)30-43-41(19-21-42(22-20-41)49-25-26-50-42)35-18-12-17-34(29-35)40(3,4)5/h8-18,28-29,36-37,43,46H,6-7,19-27,30H2,1-5H3,(H,44,47)/t36-,37+/m0/s1. The van der Waals surface area contributed by atoms with Gasteiger partial charge in [-0.05, 0) is 72.4 Å². The molecule has 50 heavy (non-hydrogen) atoms. The summed E-state index contributed by atoms with van der Waals surface area (Å²) in [6, 6.07) is 25.0. The van der Waals surface area contributed by atoms with Crippen molar-refractivity contribution in [2.45, 2.75) is 108 Å². The maximum absolute atomic E-state index is 13.8. The zero-order chi connectivity index (χ0) is 35.8. The topological polar surface area (TPSA) is 100 Å². The summed E-state index contributed by atoms with van der Waals surface area (Å²) < 4.78 is 12.2. The minimum absolute atomic E-state index is 0.0124. The van der Waals surface area contributed by atoms with Gasteiger partial charge in [0.1, 0.15) is 0 Å². The Balaban J connectivity index is 1.37. The molecule has 8 heteroatoms. The van der Waals surface area contributed by atoms with Gasteiger partial charge in [0.2, 0.25) is 0 Å². The highest BCUT2D eigenvalue weighted by atomic mass is 16.7. The highest BCUT2D eigenvalue weighted by Gasteiger charge is 2.47. The van der Waals surface area contributed by atoms with Crippen molar-refractivity contribution in [2.75, 3.05) is 32.8 Å². The Morgan fingerprint density at radius 1 is 0.840 bits per heavy atom. The zero-order valence-electron chi connectivity index (χ0n) is 30.7.